The van der Waals surface area contributed by atoms with Gasteiger partial charge in [0, 0.05) is 24.3 Å². The number of esters is 1. The van der Waals surface area contributed by atoms with E-state index >= 15 is 0 Å². The van der Waals surface area contributed by atoms with Crippen molar-refractivity contribution in [1.29, 1.82) is 0 Å². The number of hydrogen-bond acceptors (Lipinski definition) is 5. The third-order valence-electron chi connectivity index (χ3n) is 4.81. The molecule has 2 aromatic rings. The maximum atomic E-state index is 12.8. The fourth-order valence-corrected chi connectivity index (χ4v) is 3.47. The highest BCUT2D eigenvalue weighted by Crippen LogP contribution is 2.44. The van der Waals surface area contributed by atoms with Crippen LogP contribution in [0.4, 0.5) is 0 Å². The van der Waals surface area contributed by atoms with Gasteiger partial charge in [0.1, 0.15) is 17.4 Å². The molecule has 0 spiro atoms. The molecular weight excluding hydrogens is 346 g/mol. The number of ether oxygens (including phenoxy) is 3. The maximum absolute atomic E-state index is 12.8. The second kappa shape index (κ2) is 7.80. The predicted molar refractivity (Wildman–Crippen MR) is 97.7 cm³/mol. The van der Waals surface area contributed by atoms with Crippen LogP contribution in [-0.2, 0) is 19.1 Å². The van der Waals surface area contributed by atoms with Crippen LogP contribution in [-0.4, -0.2) is 37.7 Å². The number of carbonyl (C=O) groups excluding carboxylic acids is 2. The molecule has 1 saturated heterocycles. The molecule has 6 nitrogen and oxygen atoms in total. The largest absolute Gasteiger partial charge is 0.457 e. The second-order valence-corrected chi connectivity index (χ2v) is 6.66. The van der Waals surface area contributed by atoms with Gasteiger partial charge in [-0.1, -0.05) is 36.4 Å². The average Bonchev–Trinajstić information content (AvgIpc) is 3.22. The van der Waals surface area contributed by atoms with E-state index in [1.54, 1.807) is 0 Å². The SMILES string of the molecule is O=C(COC(=O)C1c2ccccc2Oc2ccccc21)NC[C@H]1CCCO1. The topological polar surface area (TPSA) is 73.9 Å². The van der Waals surface area contributed by atoms with Crippen LogP contribution in [0.1, 0.15) is 29.9 Å². The van der Waals surface area contributed by atoms with Crippen LogP contribution in [0.2, 0.25) is 0 Å². The van der Waals surface area contributed by atoms with Crippen molar-refractivity contribution < 1.29 is 23.8 Å². The Labute approximate surface area is 157 Å². The van der Waals surface area contributed by atoms with E-state index in [-0.39, 0.29) is 18.6 Å². The molecule has 2 aliphatic heterocycles. The van der Waals surface area contributed by atoms with Crippen LogP contribution in [0.15, 0.2) is 48.5 Å². The molecule has 140 valence electrons. The molecule has 0 radical (unpaired) electrons. The zero-order valence-corrected chi connectivity index (χ0v) is 14.9. The molecule has 2 aliphatic rings. The first-order chi connectivity index (χ1) is 13.2. The molecule has 1 atom stereocenters. The molecule has 0 aliphatic carbocycles. The third kappa shape index (κ3) is 3.80. The Morgan fingerprint density at radius 1 is 1.04 bits per heavy atom. The van der Waals surface area contributed by atoms with Crippen molar-refractivity contribution in [1.82, 2.24) is 5.32 Å². The van der Waals surface area contributed by atoms with E-state index in [0.717, 1.165) is 30.6 Å². The van der Waals surface area contributed by atoms with Gasteiger partial charge < -0.3 is 19.5 Å². The predicted octanol–water partition coefficient (Wildman–Crippen LogP) is 2.76. The van der Waals surface area contributed by atoms with Crippen LogP contribution in [0.3, 0.4) is 0 Å². The number of nitrogens with one attached hydrogen (secondary N) is 1. The molecule has 2 aromatic carbocycles. The quantitative estimate of drug-likeness (QED) is 0.823. The average molecular weight is 367 g/mol. The van der Waals surface area contributed by atoms with Crippen molar-refractivity contribution in [2.45, 2.75) is 24.9 Å². The lowest BCUT2D eigenvalue weighted by Gasteiger charge is -2.26. The molecule has 6 heteroatoms. The Balaban J connectivity index is 1.43. The summed E-state index contributed by atoms with van der Waals surface area (Å²) in [5, 5.41) is 2.76. The van der Waals surface area contributed by atoms with Crippen molar-refractivity contribution in [2.75, 3.05) is 19.8 Å². The maximum Gasteiger partial charge on any atom is 0.318 e. The van der Waals surface area contributed by atoms with Crippen molar-refractivity contribution in [3.05, 3.63) is 59.7 Å². The Kier molecular flexibility index (Phi) is 5.07. The van der Waals surface area contributed by atoms with Crippen LogP contribution in [0.25, 0.3) is 0 Å². The van der Waals surface area contributed by atoms with Gasteiger partial charge in [0.15, 0.2) is 6.61 Å². The van der Waals surface area contributed by atoms with E-state index < -0.39 is 11.9 Å². The van der Waals surface area contributed by atoms with Gasteiger partial charge in [0.2, 0.25) is 0 Å². The summed E-state index contributed by atoms with van der Waals surface area (Å²) in [6, 6.07) is 14.7. The smallest absolute Gasteiger partial charge is 0.318 e. The molecule has 0 unspecified atom stereocenters. The van der Waals surface area contributed by atoms with Crippen molar-refractivity contribution in [3.8, 4) is 11.5 Å². The van der Waals surface area contributed by atoms with E-state index in [1.165, 1.54) is 0 Å². The fraction of sp³-hybridized carbons (Fsp3) is 0.333. The molecule has 0 aromatic heterocycles. The van der Waals surface area contributed by atoms with E-state index in [4.69, 9.17) is 14.2 Å². The summed E-state index contributed by atoms with van der Waals surface area (Å²) in [5.74, 6) is -0.156. The molecule has 0 saturated carbocycles. The first-order valence-electron chi connectivity index (χ1n) is 9.13. The lowest BCUT2D eigenvalue weighted by atomic mass is 9.88. The number of fused-ring (bicyclic) bond motifs is 2. The molecule has 0 bridgehead atoms. The molecule has 1 N–H and O–H groups in total. The highest BCUT2D eigenvalue weighted by atomic mass is 16.5. The van der Waals surface area contributed by atoms with Gasteiger partial charge in [-0.2, -0.15) is 0 Å². The van der Waals surface area contributed by atoms with E-state index in [2.05, 4.69) is 5.32 Å². The minimum Gasteiger partial charge on any atom is -0.457 e. The van der Waals surface area contributed by atoms with E-state index in [9.17, 15) is 9.59 Å². The molecule has 2 heterocycles. The molecule has 1 amide bonds. The van der Waals surface area contributed by atoms with Gasteiger partial charge in [-0.25, -0.2) is 0 Å². The summed E-state index contributed by atoms with van der Waals surface area (Å²) in [5.41, 5.74) is 1.47. The van der Waals surface area contributed by atoms with Crippen molar-refractivity contribution in [2.24, 2.45) is 0 Å². The third-order valence-corrected chi connectivity index (χ3v) is 4.81. The molecule has 4 rings (SSSR count). The number of hydrogen-bond donors (Lipinski definition) is 1. The van der Waals surface area contributed by atoms with Crippen LogP contribution >= 0.6 is 0 Å². The number of benzene rings is 2. The number of rotatable bonds is 5. The van der Waals surface area contributed by atoms with Gasteiger partial charge in [-0.3, -0.25) is 9.59 Å². The van der Waals surface area contributed by atoms with Crippen molar-refractivity contribution in [3.63, 3.8) is 0 Å². The van der Waals surface area contributed by atoms with Crippen LogP contribution in [0.5, 0.6) is 11.5 Å². The van der Waals surface area contributed by atoms with Gasteiger partial charge >= 0.3 is 5.97 Å². The van der Waals surface area contributed by atoms with E-state index in [0.29, 0.717) is 18.0 Å². The summed E-state index contributed by atoms with van der Waals surface area (Å²) in [7, 11) is 0. The summed E-state index contributed by atoms with van der Waals surface area (Å²) >= 11 is 0. The molecule has 1 fully saturated rings. The van der Waals surface area contributed by atoms with Crippen LogP contribution < -0.4 is 10.1 Å². The van der Waals surface area contributed by atoms with Crippen molar-refractivity contribution >= 4 is 11.9 Å². The summed E-state index contributed by atoms with van der Waals surface area (Å²) in [6.07, 6.45) is 2.01. The standard InChI is InChI=1S/C21H21NO5/c23-19(22-12-14-6-5-11-25-14)13-26-21(24)20-15-7-1-3-9-17(15)27-18-10-4-2-8-16(18)20/h1-4,7-10,14,20H,5-6,11-13H2,(H,22,23)/t14-/m1/s1. The minimum atomic E-state index is -0.614. The highest BCUT2D eigenvalue weighted by Gasteiger charge is 2.33. The monoisotopic (exact) mass is 367 g/mol. The first-order valence-corrected chi connectivity index (χ1v) is 9.13. The lowest BCUT2D eigenvalue weighted by Crippen LogP contribution is -2.35. The molecular formula is C21H21NO5. The molecule has 27 heavy (non-hydrogen) atoms. The Morgan fingerprint density at radius 2 is 1.70 bits per heavy atom. The Hall–Kier alpha value is -2.86. The lowest BCUT2D eigenvalue weighted by molar-refractivity contribution is -0.149. The summed E-state index contributed by atoms with van der Waals surface area (Å²) in [4.78, 5) is 24.8. The zero-order valence-electron chi connectivity index (χ0n) is 14.9. The normalized spacial score (nSPS) is 18.1. The highest BCUT2D eigenvalue weighted by molar-refractivity contribution is 5.87. The number of carbonyl (C=O) groups is 2. The minimum absolute atomic E-state index is 0.0545. The van der Waals surface area contributed by atoms with Gasteiger partial charge in [-0.15, -0.1) is 0 Å². The van der Waals surface area contributed by atoms with Gasteiger partial charge in [0.05, 0.1) is 6.10 Å². The fourth-order valence-electron chi connectivity index (χ4n) is 3.47. The number of para-hydroxylation sites is 2. The summed E-state index contributed by atoms with van der Waals surface area (Å²) in [6.45, 7) is 0.866. The first kappa shape index (κ1) is 17.5. The van der Waals surface area contributed by atoms with Crippen LogP contribution in [0, 0.1) is 0 Å². The zero-order chi connectivity index (χ0) is 18.6. The Morgan fingerprint density at radius 3 is 2.33 bits per heavy atom. The number of amides is 1. The second-order valence-electron chi connectivity index (χ2n) is 6.66. The summed E-state index contributed by atoms with van der Waals surface area (Å²) < 4.78 is 16.7. The van der Waals surface area contributed by atoms with Gasteiger partial charge in [0.25, 0.3) is 5.91 Å². The van der Waals surface area contributed by atoms with Gasteiger partial charge in [-0.05, 0) is 25.0 Å². The Bertz CT molecular complexity index is 798. The van der Waals surface area contributed by atoms with E-state index in [1.807, 2.05) is 48.5 Å².